The van der Waals surface area contributed by atoms with Crippen molar-refractivity contribution in [2.75, 3.05) is 0 Å². The maximum absolute atomic E-state index is 12.6. The normalized spacial score (nSPS) is 16.6. The third-order valence-electron chi connectivity index (χ3n) is 3.94. The molecule has 0 aromatic heterocycles. The van der Waals surface area contributed by atoms with Gasteiger partial charge in [-0.3, -0.25) is 24.1 Å². The molecule has 1 fully saturated rings. The van der Waals surface area contributed by atoms with Crippen molar-refractivity contribution in [3.8, 4) is 0 Å². The number of nitrogens with zero attached hydrogens (tertiary/aromatic N) is 1. The van der Waals surface area contributed by atoms with Gasteiger partial charge in [0.2, 0.25) is 0 Å². The summed E-state index contributed by atoms with van der Waals surface area (Å²) in [6.07, 6.45) is 1.64. The number of carbonyl (C=O) groups excluding carboxylic acids is 3. The van der Waals surface area contributed by atoms with Crippen LogP contribution in [0.4, 0.5) is 4.79 Å². The van der Waals surface area contributed by atoms with Gasteiger partial charge in [-0.25, -0.2) is 5.48 Å². The number of imide groups is 1. The lowest BCUT2D eigenvalue weighted by Crippen LogP contribution is -2.47. The number of amides is 3. The van der Waals surface area contributed by atoms with Gasteiger partial charge in [-0.05, 0) is 35.9 Å². The molecule has 2 aromatic carbocycles. The molecule has 0 aliphatic carbocycles. The number of thioether (sulfide) groups is 1. The molecule has 2 aromatic rings. The molecule has 6 nitrogen and oxygen atoms in total. The van der Waals surface area contributed by atoms with Crippen molar-refractivity contribution in [2.24, 2.45) is 0 Å². The van der Waals surface area contributed by atoms with Gasteiger partial charge < -0.3 is 0 Å². The first-order valence-electron chi connectivity index (χ1n) is 8.34. The maximum Gasteiger partial charge on any atom is 0.294 e. The molecule has 1 atom stereocenters. The van der Waals surface area contributed by atoms with E-state index in [2.05, 4.69) is 5.48 Å². The lowest BCUT2D eigenvalue weighted by atomic mass is 10.2. The van der Waals surface area contributed by atoms with Crippen molar-refractivity contribution >= 4 is 34.9 Å². The fraction of sp³-hybridized carbons (Fsp3) is 0.150. The van der Waals surface area contributed by atoms with Crippen LogP contribution in [0.5, 0.6) is 0 Å². The van der Waals surface area contributed by atoms with Gasteiger partial charge in [-0.2, -0.15) is 0 Å². The molecular formula is C20H18N2O4S. The molecule has 1 unspecified atom stereocenters. The number of nitrogens with one attached hydrogen (secondary N) is 1. The molecule has 1 saturated heterocycles. The van der Waals surface area contributed by atoms with Gasteiger partial charge in [0.25, 0.3) is 17.1 Å². The fourth-order valence-electron chi connectivity index (χ4n) is 2.48. The van der Waals surface area contributed by atoms with Crippen molar-refractivity contribution in [2.45, 2.75) is 19.6 Å². The monoisotopic (exact) mass is 382 g/mol. The molecule has 1 aliphatic rings. The van der Waals surface area contributed by atoms with E-state index in [1.165, 1.54) is 6.92 Å². The van der Waals surface area contributed by atoms with Gasteiger partial charge in [-0.15, -0.1) is 0 Å². The van der Waals surface area contributed by atoms with Crippen molar-refractivity contribution in [3.05, 3.63) is 76.7 Å². The molecule has 1 heterocycles. The highest BCUT2D eigenvalue weighted by molar-refractivity contribution is 8.18. The molecule has 1 aliphatic heterocycles. The highest BCUT2D eigenvalue weighted by Gasteiger charge is 2.40. The average molecular weight is 382 g/mol. The summed E-state index contributed by atoms with van der Waals surface area (Å²) >= 11 is 0.821. The van der Waals surface area contributed by atoms with Crippen LogP contribution in [-0.2, 0) is 21.0 Å². The summed E-state index contributed by atoms with van der Waals surface area (Å²) in [5, 5.41) is -0.479. The second-order valence-electron chi connectivity index (χ2n) is 5.88. The Hall–Kier alpha value is -2.90. The van der Waals surface area contributed by atoms with Crippen molar-refractivity contribution in [1.82, 2.24) is 10.4 Å². The van der Waals surface area contributed by atoms with E-state index in [1.807, 2.05) is 60.7 Å². The quantitative estimate of drug-likeness (QED) is 0.612. The molecule has 3 amide bonds. The standard InChI is InChI=1S/C20H18N2O4S/c1-14(18(23)21-26-13-16-10-6-3-7-11-16)22-19(24)17(27-20(22)25)12-15-8-4-2-5-9-15/h2-12,14H,13H2,1H3,(H,21,23)/b17-12-. The molecule has 0 bridgehead atoms. The number of hydroxylamine groups is 1. The largest absolute Gasteiger partial charge is 0.294 e. The van der Waals surface area contributed by atoms with E-state index >= 15 is 0 Å². The van der Waals surface area contributed by atoms with E-state index < -0.39 is 23.1 Å². The number of carbonyl (C=O) groups is 3. The molecule has 0 spiro atoms. The van der Waals surface area contributed by atoms with Crippen LogP contribution in [0.15, 0.2) is 65.6 Å². The first-order valence-corrected chi connectivity index (χ1v) is 9.15. The summed E-state index contributed by atoms with van der Waals surface area (Å²) in [6, 6.07) is 17.6. The third kappa shape index (κ3) is 4.64. The van der Waals surface area contributed by atoms with E-state index in [9.17, 15) is 14.4 Å². The first-order chi connectivity index (χ1) is 13.1. The zero-order valence-corrected chi connectivity index (χ0v) is 15.4. The smallest absolute Gasteiger partial charge is 0.270 e. The van der Waals surface area contributed by atoms with Crippen molar-refractivity contribution < 1.29 is 19.2 Å². The number of hydrogen-bond donors (Lipinski definition) is 1. The average Bonchev–Trinajstić information content (AvgIpc) is 2.96. The lowest BCUT2D eigenvalue weighted by Gasteiger charge is -2.20. The van der Waals surface area contributed by atoms with E-state index in [4.69, 9.17) is 4.84 Å². The second kappa shape index (κ2) is 8.66. The van der Waals surface area contributed by atoms with Crippen molar-refractivity contribution in [1.29, 1.82) is 0 Å². The predicted molar refractivity (Wildman–Crippen MR) is 103 cm³/mol. The molecule has 27 heavy (non-hydrogen) atoms. The van der Waals surface area contributed by atoms with Crippen LogP contribution in [-0.4, -0.2) is 28.0 Å². The van der Waals surface area contributed by atoms with E-state index in [0.717, 1.165) is 27.8 Å². The van der Waals surface area contributed by atoms with Crippen LogP contribution in [0.25, 0.3) is 6.08 Å². The van der Waals surface area contributed by atoms with Gasteiger partial charge >= 0.3 is 0 Å². The molecule has 1 N–H and O–H groups in total. The minimum atomic E-state index is -0.977. The molecule has 7 heteroatoms. The van der Waals surface area contributed by atoms with Crippen LogP contribution < -0.4 is 5.48 Å². The van der Waals surface area contributed by atoms with Crippen LogP contribution in [0, 0.1) is 0 Å². The van der Waals surface area contributed by atoms with Gasteiger partial charge in [0.15, 0.2) is 0 Å². The highest BCUT2D eigenvalue weighted by atomic mass is 32.2. The Labute approximate surface area is 161 Å². The summed E-state index contributed by atoms with van der Waals surface area (Å²) in [7, 11) is 0. The van der Waals surface area contributed by atoms with E-state index in [-0.39, 0.29) is 11.5 Å². The van der Waals surface area contributed by atoms with Crippen molar-refractivity contribution in [3.63, 3.8) is 0 Å². The zero-order chi connectivity index (χ0) is 19.2. The summed E-state index contributed by atoms with van der Waals surface area (Å²) in [5.74, 6) is -1.05. The van der Waals surface area contributed by atoms with Gasteiger partial charge in [0, 0.05) is 0 Å². The molecular weight excluding hydrogens is 364 g/mol. The third-order valence-corrected chi connectivity index (χ3v) is 4.83. The van der Waals surface area contributed by atoms with Crippen LogP contribution >= 0.6 is 11.8 Å². The van der Waals surface area contributed by atoms with E-state index in [1.54, 1.807) is 6.08 Å². The number of hydrogen-bond acceptors (Lipinski definition) is 5. The first kappa shape index (κ1) is 18.9. The number of benzene rings is 2. The molecule has 0 radical (unpaired) electrons. The Morgan fingerprint density at radius 3 is 2.41 bits per heavy atom. The second-order valence-corrected chi connectivity index (χ2v) is 6.87. The van der Waals surface area contributed by atoms with Gasteiger partial charge in [0.1, 0.15) is 6.04 Å². The summed E-state index contributed by atoms with van der Waals surface area (Å²) in [6.45, 7) is 1.68. The topological polar surface area (TPSA) is 75.7 Å². The van der Waals surface area contributed by atoms with E-state index in [0.29, 0.717) is 0 Å². The minimum absolute atomic E-state index is 0.190. The van der Waals surface area contributed by atoms with Crippen LogP contribution in [0.3, 0.4) is 0 Å². The molecule has 0 saturated carbocycles. The summed E-state index contributed by atoms with van der Waals surface area (Å²) in [4.78, 5) is 43.5. The minimum Gasteiger partial charge on any atom is -0.270 e. The Morgan fingerprint density at radius 2 is 1.74 bits per heavy atom. The predicted octanol–water partition coefficient (Wildman–Crippen LogP) is 3.36. The zero-order valence-electron chi connectivity index (χ0n) is 14.6. The summed E-state index contributed by atoms with van der Waals surface area (Å²) < 4.78 is 0. The maximum atomic E-state index is 12.6. The fourth-order valence-corrected chi connectivity index (χ4v) is 3.39. The highest BCUT2D eigenvalue weighted by Crippen LogP contribution is 2.33. The SMILES string of the molecule is CC(C(=O)NOCc1ccccc1)N1C(=O)S/C(=C\c2ccccc2)C1=O. The summed E-state index contributed by atoms with van der Waals surface area (Å²) in [5.41, 5.74) is 4.00. The van der Waals surface area contributed by atoms with Crippen LogP contribution in [0.1, 0.15) is 18.1 Å². The Bertz CT molecular complexity index is 868. The number of rotatable bonds is 6. The molecule has 138 valence electrons. The van der Waals surface area contributed by atoms with Crippen LogP contribution in [0.2, 0.25) is 0 Å². The lowest BCUT2D eigenvalue weighted by molar-refractivity contribution is -0.142. The Balaban J connectivity index is 1.61. The Kier molecular flexibility index (Phi) is 6.05. The Morgan fingerprint density at radius 1 is 1.11 bits per heavy atom. The molecule has 3 rings (SSSR count). The van der Waals surface area contributed by atoms with Gasteiger partial charge in [0.05, 0.1) is 11.5 Å². The van der Waals surface area contributed by atoms with Gasteiger partial charge in [-0.1, -0.05) is 60.7 Å².